The van der Waals surface area contributed by atoms with Gasteiger partial charge in [-0.3, -0.25) is 4.79 Å². The lowest BCUT2D eigenvalue weighted by molar-refractivity contribution is -0.125. The van der Waals surface area contributed by atoms with Crippen LogP contribution in [0.4, 0.5) is 5.82 Å². The molecule has 0 bridgehead atoms. The summed E-state index contributed by atoms with van der Waals surface area (Å²) < 4.78 is 5.37. The number of amides is 1. The Morgan fingerprint density at radius 1 is 1.18 bits per heavy atom. The Hall–Kier alpha value is -3.22. The van der Waals surface area contributed by atoms with Crippen LogP contribution in [0.5, 0.6) is 0 Å². The lowest BCUT2D eigenvalue weighted by Gasteiger charge is -2.34. The van der Waals surface area contributed by atoms with Crippen molar-refractivity contribution in [1.29, 1.82) is 0 Å². The van der Waals surface area contributed by atoms with Gasteiger partial charge in [0.2, 0.25) is 5.91 Å². The van der Waals surface area contributed by atoms with Gasteiger partial charge in [-0.1, -0.05) is 49.3 Å². The molecule has 1 aromatic carbocycles. The monoisotopic (exact) mass is 445 g/mol. The van der Waals surface area contributed by atoms with Gasteiger partial charge in [0.1, 0.15) is 5.82 Å². The third kappa shape index (κ3) is 4.63. The number of hydrogen-bond acceptors (Lipinski definition) is 6. The Morgan fingerprint density at radius 2 is 2.03 bits per heavy atom. The van der Waals surface area contributed by atoms with E-state index in [1.807, 2.05) is 24.3 Å². The van der Waals surface area contributed by atoms with Crippen LogP contribution in [0.15, 0.2) is 40.9 Å². The van der Waals surface area contributed by atoms with Crippen LogP contribution < -0.4 is 10.2 Å². The highest BCUT2D eigenvalue weighted by Gasteiger charge is 2.30. The van der Waals surface area contributed by atoms with Crippen molar-refractivity contribution in [3.63, 3.8) is 0 Å². The average Bonchev–Trinajstić information content (AvgIpc) is 3.52. The van der Waals surface area contributed by atoms with Crippen molar-refractivity contribution in [1.82, 2.24) is 20.4 Å². The summed E-state index contributed by atoms with van der Waals surface area (Å²) >= 11 is 0. The molecule has 0 spiro atoms. The van der Waals surface area contributed by atoms with Crippen molar-refractivity contribution in [2.45, 2.75) is 58.4 Å². The second-order valence-corrected chi connectivity index (χ2v) is 9.39. The van der Waals surface area contributed by atoms with E-state index in [4.69, 9.17) is 14.5 Å². The maximum atomic E-state index is 13.0. The first-order valence-electron chi connectivity index (χ1n) is 12.0. The zero-order chi connectivity index (χ0) is 22.8. The summed E-state index contributed by atoms with van der Waals surface area (Å²) in [7, 11) is 0. The molecule has 2 aromatic heterocycles. The predicted molar refractivity (Wildman–Crippen MR) is 127 cm³/mol. The number of hydrogen-bond donors (Lipinski definition) is 1. The van der Waals surface area contributed by atoms with Crippen LogP contribution in [0.1, 0.15) is 61.7 Å². The fourth-order valence-electron chi connectivity index (χ4n) is 4.78. The molecular formula is C26H31N5O2. The smallest absolute Gasteiger partial charge is 0.225 e. The zero-order valence-electron chi connectivity index (χ0n) is 19.4. The molecular weight excluding hydrogens is 414 g/mol. The molecule has 1 N–H and O–H groups in total. The van der Waals surface area contributed by atoms with Gasteiger partial charge in [0, 0.05) is 36.0 Å². The Labute approximate surface area is 194 Å². The molecule has 33 heavy (non-hydrogen) atoms. The number of fused-ring (bicyclic) bond motifs is 1. The van der Waals surface area contributed by atoms with E-state index in [-0.39, 0.29) is 11.8 Å². The van der Waals surface area contributed by atoms with Gasteiger partial charge in [-0.05, 0) is 38.0 Å². The molecule has 1 fully saturated rings. The van der Waals surface area contributed by atoms with Gasteiger partial charge in [0.05, 0.1) is 18.2 Å². The van der Waals surface area contributed by atoms with E-state index >= 15 is 0 Å². The summed E-state index contributed by atoms with van der Waals surface area (Å²) in [6.45, 7) is 6.11. The quantitative estimate of drug-likeness (QED) is 0.610. The molecule has 1 amide bonds. The van der Waals surface area contributed by atoms with Crippen molar-refractivity contribution in [2.75, 3.05) is 18.0 Å². The standard InChI is InChI=1S/C26H31N5O2/c1-17(2)23-14-20(33-30-23)15-27-26(32)19-10-7-13-31(16-19)25-21-11-6-12-22(21)28-24(29-25)18-8-4-3-5-9-18/h3-5,8-9,14,17,19H,6-7,10-13,15-16H2,1-2H3,(H,27,32)/t19-/m0/s1. The third-order valence-corrected chi connectivity index (χ3v) is 6.64. The molecule has 2 aliphatic rings. The molecule has 5 rings (SSSR count). The van der Waals surface area contributed by atoms with Gasteiger partial charge in [0.25, 0.3) is 0 Å². The first kappa shape index (κ1) is 21.6. The summed E-state index contributed by atoms with van der Waals surface area (Å²) in [6.07, 6.45) is 4.98. The average molecular weight is 446 g/mol. The van der Waals surface area contributed by atoms with Gasteiger partial charge in [-0.2, -0.15) is 0 Å². The largest absolute Gasteiger partial charge is 0.359 e. The number of aryl methyl sites for hydroxylation is 1. The van der Waals surface area contributed by atoms with E-state index in [1.165, 1.54) is 5.56 Å². The fourth-order valence-corrected chi connectivity index (χ4v) is 4.78. The Balaban J connectivity index is 1.31. The van der Waals surface area contributed by atoms with Crippen LogP contribution in [0.3, 0.4) is 0 Å². The Morgan fingerprint density at radius 3 is 2.82 bits per heavy atom. The van der Waals surface area contributed by atoms with Crippen LogP contribution in [-0.2, 0) is 24.2 Å². The molecule has 1 aliphatic carbocycles. The molecule has 1 saturated heterocycles. The van der Waals surface area contributed by atoms with Crippen molar-refractivity contribution < 1.29 is 9.32 Å². The normalized spacial score (nSPS) is 17.9. The summed E-state index contributed by atoms with van der Waals surface area (Å²) in [6, 6.07) is 12.1. The number of piperidine rings is 1. The minimum Gasteiger partial charge on any atom is -0.359 e. The van der Waals surface area contributed by atoms with Crippen molar-refractivity contribution in [2.24, 2.45) is 5.92 Å². The maximum Gasteiger partial charge on any atom is 0.225 e. The Kier molecular flexibility index (Phi) is 6.11. The molecule has 7 nitrogen and oxygen atoms in total. The maximum absolute atomic E-state index is 13.0. The number of aromatic nitrogens is 3. The minimum atomic E-state index is -0.0709. The number of nitrogens with zero attached hydrogens (tertiary/aromatic N) is 4. The summed E-state index contributed by atoms with van der Waals surface area (Å²) in [5.41, 5.74) is 4.37. The van der Waals surface area contributed by atoms with E-state index in [9.17, 15) is 4.79 Å². The summed E-state index contributed by atoms with van der Waals surface area (Å²) in [4.78, 5) is 25.2. The van der Waals surface area contributed by atoms with E-state index in [0.717, 1.165) is 67.2 Å². The number of anilines is 1. The van der Waals surface area contributed by atoms with Gasteiger partial charge in [0.15, 0.2) is 11.6 Å². The molecule has 0 radical (unpaired) electrons. The first-order valence-corrected chi connectivity index (χ1v) is 12.0. The van der Waals surface area contributed by atoms with Crippen molar-refractivity contribution >= 4 is 11.7 Å². The van der Waals surface area contributed by atoms with E-state index < -0.39 is 0 Å². The van der Waals surface area contributed by atoms with Crippen molar-refractivity contribution in [3.05, 3.63) is 59.1 Å². The van der Waals surface area contributed by atoms with Crippen molar-refractivity contribution in [3.8, 4) is 11.4 Å². The molecule has 7 heteroatoms. The Bertz CT molecular complexity index is 1120. The van der Waals surface area contributed by atoms with E-state index in [2.05, 4.69) is 41.4 Å². The molecule has 172 valence electrons. The molecule has 1 aliphatic heterocycles. The highest BCUT2D eigenvalue weighted by Crippen LogP contribution is 2.33. The molecule has 0 saturated carbocycles. The third-order valence-electron chi connectivity index (χ3n) is 6.64. The van der Waals surface area contributed by atoms with E-state index in [1.54, 1.807) is 0 Å². The van der Waals surface area contributed by atoms with Gasteiger partial charge < -0.3 is 14.7 Å². The fraction of sp³-hybridized carbons (Fsp3) is 0.462. The van der Waals surface area contributed by atoms with E-state index in [0.29, 0.717) is 24.8 Å². The molecule has 1 atom stereocenters. The summed E-state index contributed by atoms with van der Waals surface area (Å²) in [5, 5.41) is 7.13. The number of carbonyl (C=O) groups excluding carboxylic acids is 1. The number of nitrogens with one attached hydrogen (secondary N) is 1. The second-order valence-electron chi connectivity index (χ2n) is 9.39. The second kappa shape index (κ2) is 9.33. The van der Waals surface area contributed by atoms with Crippen LogP contribution in [0.2, 0.25) is 0 Å². The highest BCUT2D eigenvalue weighted by atomic mass is 16.5. The minimum absolute atomic E-state index is 0.0659. The highest BCUT2D eigenvalue weighted by molar-refractivity contribution is 5.79. The lowest BCUT2D eigenvalue weighted by Crippen LogP contribution is -2.43. The number of carbonyl (C=O) groups is 1. The van der Waals surface area contributed by atoms with Gasteiger partial charge >= 0.3 is 0 Å². The predicted octanol–water partition coefficient (Wildman–Crippen LogP) is 4.28. The first-order chi connectivity index (χ1) is 16.1. The molecule has 3 heterocycles. The molecule has 3 aromatic rings. The van der Waals surface area contributed by atoms with Crippen LogP contribution >= 0.6 is 0 Å². The SMILES string of the molecule is CC(C)c1cc(CNC(=O)[C@H]2CCCN(c3nc(-c4ccccc4)nc4c3CCC4)C2)on1. The number of rotatable bonds is 6. The van der Waals surface area contributed by atoms with Crippen LogP contribution in [-0.4, -0.2) is 34.1 Å². The topological polar surface area (TPSA) is 84.2 Å². The zero-order valence-corrected chi connectivity index (χ0v) is 19.4. The van der Waals surface area contributed by atoms with Gasteiger partial charge in [-0.15, -0.1) is 0 Å². The summed E-state index contributed by atoms with van der Waals surface area (Å²) in [5.74, 6) is 2.80. The van der Waals surface area contributed by atoms with Crippen LogP contribution in [0, 0.1) is 5.92 Å². The van der Waals surface area contributed by atoms with Crippen LogP contribution in [0.25, 0.3) is 11.4 Å². The molecule has 0 unspecified atom stereocenters. The van der Waals surface area contributed by atoms with Gasteiger partial charge in [-0.25, -0.2) is 9.97 Å². The lowest BCUT2D eigenvalue weighted by atomic mass is 9.96. The number of benzene rings is 1.